The summed E-state index contributed by atoms with van der Waals surface area (Å²) < 4.78 is 0. The summed E-state index contributed by atoms with van der Waals surface area (Å²) in [7, 11) is 0. The molecule has 1 unspecified atom stereocenters. The largest absolute Gasteiger partial charge is 0.388 e. The van der Waals surface area contributed by atoms with Gasteiger partial charge in [0.25, 0.3) is 0 Å². The topological polar surface area (TPSA) is 69.0 Å². The molecule has 18 heavy (non-hydrogen) atoms. The van der Waals surface area contributed by atoms with Gasteiger partial charge in [-0.3, -0.25) is 0 Å². The predicted octanol–water partition coefficient (Wildman–Crippen LogP) is 3.77. The molecule has 0 spiro atoms. The Morgan fingerprint density at radius 1 is 0.889 bits per heavy atom. The Hall–Kier alpha value is -2.29. The molecule has 0 aliphatic heterocycles. The number of benzene rings is 2. The van der Waals surface area contributed by atoms with Gasteiger partial charge in [-0.25, -0.2) is 0 Å². The third-order valence-corrected chi connectivity index (χ3v) is 2.76. The van der Waals surface area contributed by atoms with Gasteiger partial charge in [-0.1, -0.05) is 65.8 Å². The van der Waals surface area contributed by atoms with Crippen molar-refractivity contribution in [3.8, 4) is 0 Å². The fraction of sp³-hybridized carbons (Fsp3) is 0.143. The minimum Gasteiger partial charge on any atom is -0.388 e. The van der Waals surface area contributed by atoms with E-state index in [1.54, 1.807) is 0 Å². The Bertz CT molecular complexity index is 535. The van der Waals surface area contributed by atoms with Crippen LogP contribution < -0.4 is 0 Å². The Morgan fingerprint density at radius 2 is 1.39 bits per heavy atom. The van der Waals surface area contributed by atoms with Crippen molar-refractivity contribution in [1.29, 1.82) is 0 Å². The Morgan fingerprint density at radius 3 is 1.89 bits per heavy atom. The average Bonchev–Trinajstić information content (AvgIpc) is 2.46. The molecule has 0 aromatic heterocycles. The molecule has 90 valence electrons. The summed E-state index contributed by atoms with van der Waals surface area (Å²) in [4.78, 5) is 2.82. The summed E-state index contributed by atoms with van der Waals surface area (Å²) in [5.74, 6) is 0. The maximum Gasteiger partial charge on any atom is 0.0926 e. The second-order valence-corrected chi connectivity index (χ2v) is 3.92. The zero-order valence-electron chi connectivity index (χ0n) is 9.72. The molecule has 0 aliphatic carbocycles. The summed E-state index contributed by atoms with van der Waals surface area (Å²) in [6.45, 7) is 0. The Balaban J connectivity index is 2.35. The lowest BCUT2D eigenvalue weighted by molar-refractivity contribution is 0.147. The summed E-state index contributed by atoms with van der Waals surface area (Å²) in [6.07, 6.45) is -0.843. The van der Waals surface area contributed by atoms with Crippen molar-refractivity contribution in [2.45, 2.75) is 12.1 Å². The predicted molar refractivity (Wildman–Crippen MR) is 69.7 cm³/mol. The fourth-order valence-corrected chi connectivity index (χ4v) is 1.85. The van der Waals surface area contributed by atoms with Crippen molar-refractivity contribution >= 4 is 0 Å². The van der Waals surface area contributed by atoms with Gasteiger partial charge in [-0.15, -0.1) is 0 Å². The number of aliphatic hydroxyl groups is 1. The van der Waals surface area contributed by atoms with Crippen LogP contribution in [0.3, 0.4) is 0 Å². The first-order chi connectivity index (χ1) is 8.83. The van der Waals surface area contributed by atoms with Gasteiger partial charge in [0.15, 0.2) is 0 Å². The molecule has 2 aromatic carbocycles. The van der Waals surface area contributed by atoms with Crippen LogP contribution in [0.4, 0.5) is 0 Å². The highest BCUT2D eigenvalue weighted by molar-refractivity contribution is 5.26. The first-order valence-corrected chi connectivity index (χ1v) is 5.65. The number of aliphatic hydroxyl groups excluding tert-OH is 1. The van der Waals surface area contributed by atoms with Crippen LogP contribution in [0, 0.1) is 0 Å². The zero-order chi connectivity index (χ0) is 12.8. The highest BCUT2D eigenvalue weighted by Gasteiger charge is 2.21. The van der Waals surface area contributed by atoms with Crippen LogP contribution in [-0.4, -0.2) is 5.11 Å². The van der Waals surface area contributed by atoms with Gasteiger partial charge in [-0.05, 0) is 16.7 Å². The fourth-order valence-electron chi connectivity index (χ4n) is 1.85. The van der Waals surface area contributed by atoms with Gasteiger partial charge in [0.05, 0.1) is 12.1 Å². The van der Waals surface area contributed by atoms with E-state index in [2.05, 4.69) is 10.0 Å². The quantitative estimate of drug-likeness (QED) is 0.492. The SMILES string of the molecule is [N-]=[N+]=NC(c1ccccc1)[C@H](O)c1ccccc1. The average molecular weight is 239 g/mol. The molecule has 2 atom stereocenters. The maximum absolute atomic E-state index is 10.3. The van der Waals surface area contributed by atoms with Crippen molar-refractivity contribution in [1.82, 2.24) is 0 Å². The van der Waals surface area contributed by atoms with Crippen molar-refractivity contribution in [2.75, 3.05) is 0 Å². The number of rotatable bonds is 4. The minimum absolute atomic E-state index is 0.612. The molecule has 2 aromatic rings. The molecule has 0 saturated carbocycles. The van der Waals surface area contributed by atoms with Crippen molar-refractivity contribution in [3.63, 3.8) is 0 Å². The molecular weight excluding hydrogens is 226 g/mol. The van der Waals surface area contributed by atoms with E-state index < -0.39 is 12.1 Å². The lowest BCUT2D eigenvalue weighted by atomic mass is 9.97. The highest BCUT2D eigenvalue weighted by Crippen LogP contribution is 2.31. The van der Waals surface area contributed by atoms with Crippen LogP contribution in [0.15, 0.2) is 65.8 Å². The van der Waals surface area contributed by atoms with E-state index in [0.717, 1.165) is 11.1 Å². The lowest BCUT2D eigenvalue weighted by Crippen LogP contribution is -2.08. The van der Waals surface area contributed by atoms with E-state index in [-0.39, 0.29) is 0 Å². The highest BCUT2D eigenvalue weighted by atomic mass is 16.3. The second-order valence-electron chi connectivity index (χ2n) is 3.92. The molecule has 0 saturated heterocycles. The molecule has 0 bridgehead atoms. The van der Waals surface area contributed by atoms with Crippen molar-refractivity contribution in [3.05, 3.63) is 82.2 Å². The zero-order valence-corrected chi connectivity index (χ0v) is 9.72. The van der Waals surface area contributed by atoms with Crippen LogP contribution in [0.25, 0.3) is 10.4 Å². The van der Waals surface area contributed by atoms with E-state index in [1.807, 2.05) is 60.7 Å². The molecule has 0 aliphatic rings. The van der Waals surface area contributed by atoms with Gasteiger partial charge in [0.1, 0.15) is 0 Å². The Kier molecular flexibility index (Phi) is 3.97. The number of hydrogen-bond donors (Lipinski definition) is 1. The van der Waals surface area contributed by atoms with Crippen LogP contribution >= 0.6 is 0 Å². The van der Waals surface area contributed by atoms with Crippen molar-refractivity contribution in [2.24, 2.45) is 5.11 Å². The monoisotopic (exact) mass is 239 g/mol. The van der Waals surface area contributed by atoms with Gasteiger partial charge in [-0.2, -0.15) is 0 Å². The third kappa shape index (κ3) is 2.69. The maximum atomic E-state index is 10.3. The van der Waals surface area contributed by atoms with E-state index in [4.69, 9.17) is 5.53 Å². The second kappa shape index (κ2) is 5.87. The van der Waals surface area contributed by atoms with E-state index in [0.29, 0.717) is 0 Å². The third-order valence-electron chi connectivity index (χ3n) is 2.76. The van der Waals surface area contributed by atoms with Crippen LogP contribution in [0.2, 0.25) is 0 Å². The van der Waals surface area contributed by atoms with Gasteiger partial charge in [0.2, 0.25) is 0 Å². The number of azide groups is 1. The molecular formula is C14H13N3O. The van der Waals surface area contributed by atoms with E-state index in [9.17, 15) is 5.11 Å². The van der Waals surface area contributed by atoms with Crippen LogP contribution in [-0.2, 0) is 0 Å². The van der Waals surface area contributed by atoms with Crippen molar-refractivity contribution < 1.29 is 5.11 Å². The molecule has 0 fully saturated rings. The molecule has 4 heteroatoms. The Labute approximate surface area is 105 Å². The van der Waals surface area contributed by atoms with Gasteiger partial charge < -0.3 is 5.11 Å². The standard InChI is InChI=1S/C14H13N3O/c15-17-16-13(11-7-3-1-4-8-11)14(18)12-9-5-2-6-10-12/h1-10,13-14,18H/t13?,14-/m1/s1. The lowest BCUT2D eigenvalue weighted by Gasteiger charge is -2.19. The van der Waals surface area contributed by atoms with Crippen LogP contribution in [0.5, 0.6) is 0 Å². The molecule has 2 rings (SSSR count). The summed E-state index contributed by atoms with van der Waals surface area (Å²) in [6, 6.07) is 17.8. The first kappa shape index (κ1) is 12.2. The van der Waals surface area contributed by atoms with Gasteiger partial charge in [0, 0.05) is 4.91 Å². The van der Waals surface area contributed by atoms with E-state index in [1.165, 1.54) is 0 Å². The summed E-state index contributed by atoms with van der Waals surface area (Å²) in [5.41, 5.74) is 10.2. The molecule has 0 amide bonds. The minimum atomic E-state index is -0.843. The first-order valence-electron chi connectivity index (χ1n) is 5.65. The van der Waals surface area contributed by atoms with Crippen LogP contribution in [0.1, 0.15) is 23.3 Å². The number of hydrogen-bond acceptors (Lipinski definition) is 2. The molecule has 0 radical (unpaired) electrons. The molecule has 1 N–H and O–H groups in total. The summed E-state index contributed by atoms with van der Waals surface area (Å²) >= 11 is 0. The molecule has 4 nitrogen and oxygen atoms in total. The molecule has 0 heterocycles. The van der Waals surface area contributed by atoms with Gasteiger partial charge >= 0.3 is 0 Å². The normalized spacial score (nSPS) is 13.4. The van der Waals surface area contributed by atoms with E-state index >= 15 is 0 Å². The smallest absolute Gasteiger partial charge is 0.0926 e. The number of nitrogens with zero attached hydrogens (tertiary/aromatic N) is 3. The summed E-state index contributed by atoms with van der Waals surface area (Å²) in [5, 5.41) is 14.0.